The molecule has 0 saturated carbocycles. The zero-order chi connectivity index (χ0) is 26.2. The maximum Gasteiger partial charge on any atom is 0.246 e. The summed E-state index contributed by atoms with van der Waals surface area (Å²) in [5.74, 6) is -0.150. The Hall–Kier alpha value is -4.53. The summed E-state index contributed by atoms with van der Waals surface area (Å²) in [6, 6.07) is 21.2. The summed E-state index contributed by atoms with van der Waals surface area (Å²) in [6.45, 7) is 5.84. The van der Waals surface area contributed by atoms with Crippen LogP contribution >= 0.6 is 0 Å². The second kappa shape index (κ2) is 11.9. The first-order chi connectivity index (χ1) is 17.9. The minimum absolute atomic E-state index is 0.104. The predicted octanol–water partition coefficient (Wildman–Crippen LogP) is 6.06. The van der Waals surface area contributed by atoms with Gasteiger partial charge in [-0.15, -0.1) is 0 Å². The van der Waals surface area contributed by atoms with E-state index in [-0.39, 0.29) is 11.6 Å². The van der Waals surface area contributed by atoms with Crippen LogP contribution in [0.2, 0.25) is 0 Å². The third kappa shape index (κ3) is 7.00. The van der Waals surface area contributed by atoms with Crippen LogP contribution in [0.5, 0.6) is 0 Å². The van der Waals surface area contributed by atoms with Gasteiger partial charge in [0.05, 0.1) is 5.69 Å². The van der Waals surface area contributed by atoms with Crippen LogP contribution < -0.4 is 21.3 Å². The number of rotatable bonds is 10. The van der Waals surface area contributed by atoms with Crippen LogP contribution in [0.25, 0.3) is 0 Å². The van der Waals surface area contributed by atoms with E-state index in [0.717, 1.165) is 24.2 Å². The van der Waals surface area contributed by atoms with E-state index in [9.17, 15) is 9.18 Å². The standard InChI is InChI=1S/C28H30FN7O/c1-4-19-10-14-21(15-11-19)31-27-34-26(30-18(3)25(37)33-24-9-7-6-8-23(24)29)35-28(36-27)32-22-16-12-20(5-2)13-17-22/h6-18H,4-5H2,1-3H3,(H,33,37)(H3,30,31,32,34,35,36)/t18-/m1/s1. The fourth-order valence-corrected chi connectivity index (χ4v) is 3.52. The van der Waals surface area contributed by atoms with Crippen molar-refractivity contribution in [3.63, 3.8) is 0 Å². The van der Waals surface area contributed by atoms with Crippen LogP contribution in [-0.2, 0) is 17.6 Å². The van der Waals surface area contributed by atoms with Crippen LogP contribution in [0.15, 0.2) is 72.8 Å². The number of para-hydroxylation sites is 1. The van der Waals surface area contributed by atoms with E-state index >= 15 is 0 Å². The number of benzene rings is 3. The monoisotopic (exact) mass is 499 g/mol. The number of anilines is 6. The van der Waals surface area contributed by atoms with E-state index in [1.807, 2.05) is 48.5 Å². The van der Waals surface area contributed by atoms with E-state index in [4.69, 9.17) is 0 Å². The number of carbonyl (C=O) groups excluding carboxylic acids is 1. The second-order valence-corrected chi connectivity index (χ2v) is 8.49. The van der Waals surface area contributed by atoms with Gasteiger partial charge < -0.3 is 21.3 Å². The van der Waals surface area contributed by atoms with E-state index in [1.165, 1.54) is 23.3 Å². The average molecular weight is 500 g/mol. The Labute approximate surface area is 215 Å². The van der Waals surface area contributed by atoms with Gasteiger partial charge in [0, 0.05) is 11.4 Å². The van der Waals surface area contributed by atoms with Crippen molar-refractivity contribution < 1.29 is 9.18 Å². The lowest BCUT2D eigenvalue weighted by molar-refractivity contribution is -0.116. The Morgan fingerprint density at radius 2 is 1.24 bits per heavy atom. The summed E-state index contributed by atoms with van der Waals surface area (Å²) >= 11 is 0. The molecular weight excluding hydrogens is 469 g/mol. The zero-order valence-electron chi connectivity index (χ0n) is 21.0. The maximum absolute atomic E-state index is 14.0. The number of aromatic nitrogens is 3. The number of amides is 1. The molecule has 0 spiro atoms. The summed E-state index contributed by atoms with van der Waals surface area (Å²) < 4.78 is 14.0. The van der Waals surface area contributed by atoms with Crippen molar-refractivity contribution in [1.82, 2.24) is 15.0 Å². The SMILES string of the molecule is CCc1ccc(Nc2nc(Nc3ccc(CC)cc3)nc(N[C@H](C)C(=O)Nc3ccccc3F)n2)cc1. The van der Waals surface area contributed by atoms with Crippen LogP contribution in [-0.4, -0.2) is 26.9 Å². The zero-order valence-corrected chi connectivity index (χ0v) is 21.0. The Balaban J connectivity index is 1.56. The molecule has 1 heterocycles. The van der Waals surface area contributed by atoms with Crippen molar-refractivity contribution in [2.24, 2.45) is 0 Å². The van der Waals surface area contributed by atoms with Gasteiger partial charge in [0.1, 0.15) is 11.9 Å². The molecule has 8 nitrogen and oxygen atoms in total. The first-order valence-electron chi connectivity index (χ1n) is 12.2. The third-order valence-corrected chi connectivity index (χ3v) is 5.74. The maximum atomic E-state index is 14.0. The summed E-state index contributed by atoms with van der Waals surface area (Å²) in [7, 11) is 0. The number of halogens is 1. The number of aryl methyl sites for hydroxylation is 2. The van der Waals surface area contributed by atoms with Crippen molar-refractivity contribution in [2.75, 3.05) is 21.3 Å². The largest absolute Gasteiger partial charge is 0.342 e. The first kappa shape index (κ1) is 25.6. The van der Waals surface area contributed by atoms with Gasteiger partial charge in [-0.3, -0.25) is 4.79 Å². The molecule has 0 aliphatic heterocycles. The Morgan fingerprint density at radius 3 is 1.73 bits per heavy atom. The minimum atomic E-state index is -0.754. The summed E-state index contributed by atoms with van der Waals surface area (Å²) in [4.78, 5) is 26.1. The second-order valence-electron chi connectivity index (χ2n) is 8.49. The van der Waals surface area contributed by atoms with Gasteiger partial charge in [-0.1, -0.05) is 50.2 Å². The number of hydrogen-bond donors (Lipinski definition) is 4. The normalized spacial score (nSPS) is 11.5. The van der Waals surface area contributed by atoms with Gasteiger partial charge in [0.15, 0.2) is 0 Å². The molecule has 0 bridgehead atoms. The number of nitrogens with one attached hydrogen (secondary N) is 4. The van der Waals surface area contributed by atoms with Crippen molar-refractivity contribution in [3.05, 3.63) is 89.7 Å². The quantitative estimate of drug-likeness (QED) is 0.210. The van der Waals surface area contributed by atoms with Gasteiger partial charge in [-0.2, -0.15) is 15.0 Å². The molecule has 0 fully saturated rings. The molecule has 0 aliphatic carbocycles. The number of nitrogens with zero attached hydrogens (tertiary/aromatic N) is 3. The number of hydrogen-bond acceptors (Lipinski definition) is 7. The molecule has 1 amide bonds. The Morgan fingerprint density at radius 1 is 0.757 bits per heavy atom. The van der Waals surface area contributed by atoms with Crippen molar-refractivity contribution >= 4 is 40.8 Å². The molecule has 0 unspecified atom stereocenters. The molecule has 4 rings (SSSR count). The molecule has 0 radical (unpaired) electrons. The summed E-state index contributed by atoms with van der Waals surface area (Å²) in [5.41, 5.74) is 4.18. The molecule has 9 heteroatoms. The van der Waals surface area contributed by atoms with Crippen molar-refractivity contribution in [3.8, 4) is 0 Å². The van der Waals surface area contributed by atoms with Gasteiger partial charge in [0.2, 0.25) is 23.8 Å². The van der Waals surface area contributed by atoms with Gasteiger partial charge in [-0.25, -0.2) is 4.39 Å². The highest BCUT2D eigenvalue weighted by Gasteiger charge is 2.17. The molecule has 4 N–H and O–H groups in total. The lowest BCUT2D eigenvalue weighted by Gasteiger charge is -2.16. The lowest BCUT2D eigenvalue weighted by Crippen LogP contribution is -2.33. The van der Waals surface area contributed by atoms with Crippen LogP contribution in [0.4, 0.5) is 39.3 Å². The lowest BCUT2D eigenvalue weighted by atomic mass is 10.1. The van der Waals surface area contributed by atoms with Gasteiger partial charge in [-0.05, 0) is 67.3 Å². The molecule has 1 aromatic heterocycles. The summed E-state index contributed by atoms with van der Waals surface area (Å²) in [5, 5.41) is 12.0. The molecular formula is C28H30FN7O. The first-order valence-corrected chi connectivity index (χ1v) is 12.2. The third-order valence-electron chi connectivity index (χ3n) is 5.74. The molecule has 37 heavy (non-hydrogen) atoms. The molecule has 3 aromatic carbocycles. The molecule has 4 aromatic rings. The smallest absolute Gasteiger partial charge is 0.246 e. The highest BCUT2D eigenvalue weighted by atomic mass is 19.1. The topological polar surface area (TPSA) is 104 Å². The average Bonchev–Trinajstić information content (AvgIpc) is 2.90. The Bertz CT molecular complexity index is 1280. The molecule has 190 valence electrons. The predicted molar refractivity (Wildman–Crippen MR) is 146 cm³/mol. The van der Waals surface area contributed by atoms with E-state index < -0.39 is 17.8 Å². The highest BCUT2D eigenvalue weighted by molar-refractivity contribution is 5.96. The number of carbonyl (C=O) groups is 1. The fourth-order valence-electron chi connectivity index (χ4n) is 3.52. The van der Waals surface area contributed by atoms with Crippen molar-refractivity contribution in [2.45, 2.75) is 39.7 Å². The summed E-state index contributed by atoms with van der Waals surface area (Å²) in [6.07, 6.45) is 1.88. The Kier molecular flexibility index (Phi) is 8.25. The van der Waals surface area contributed by atoms with Crippen LogP contribution in [0.3, 0.4) is 0 Å². The molecule has 0 saturated heterocycles. The van der Waals surface area contributed by atoms with Gasteiger partial charge in [0.25, 0.3) is 0 Å². The van der Waals surface area contributed by atoms with Crippen molar-refractivity contribution in [1.29, 1.82) is 0 Å². The van der Waals surface area contributed by atoms with Crippen LogP contribution in [0, 0.1) is 5.82 Å². The van der Waals surface area contributed by atoms with E-state index in [2.05, 4.69) is 50.1 Å². The molecule has 1 atom stereocenters. The van der Waals surface area contributed by atoms with E-state index in [0.29, 0.717) is 11.9 Å². The van der Waals surface area contributed by atoms with Crippen LogP contribution in [0.1, 0.15) is 31.9 Å². The van der Waals surface area contributed by atoms with Gasteiger partial charge >= 0.3 is 0 Å². The highest BCUT2D eigenvalue weighted by Crippen LogP contribution is 2.21. The molecule has 0 aliphatic rings. The fraction of sp³-hybridized carbons (Fsp3) is 0.214. The van der Waals surface area contributed by atoms with E-state index in [1.54, 1.807) is 19.1 Å². The minimum Gasteiger partial charge on any atom is -0.342 e.